The Kier molecular flexibility index (Phi) is 8.87. The standard InChI is InChI=1S/C22H26BrN3O5/c1-4-26(10-9-20(27)25-16-7-5-14(6-8-16)22(24)29)21(28)12-15-11-18(30-2)19(31-3)13-17(15)23/h5-8,11,13H,4,9-10,12H2,1-3H3,(H2,24,29)(H,25,27). The molecule has 0 heterocycles. The Hall–Kier alpha value is -3.07. The Morgan fingerprint density at radius 3 is 2.23 bits per heavy atom. The van der Waals surface area contributed by atoms with Crippen LogP contribution in [0.3, 0.4) is 0 Å². The minimum atomic E-state index is -0.531. The van der Waals surface area contributed by atoms with Crippen LogP contribution in [0.25, 0.3) is 0 Å². The molecule has 166 valence electrons. The number of likely N-dealkylation sites (N-methyl/N-ethyl adjacent to an activating group) is 1. The highest BCUT2D eigenvalue weighted by molar-refractivity contribution is 9.10. The maximum atomic E-state index is 12.8. The van der Waals surface area contributed by atoms with Gasteiger partial charge in [0, 0.05) is 35.2 Å². The van der Waals surface area contributed by atoms with Gasteiger partial charge in [0.2, 0.25) is 17.7 Å². The molecule has 9 heteroatoms. The maximum absolute atomic E-state index is 12.8. The summed E-state index contributed by atoms with van der Waals surface area (Å²) in [7, 11) is 3.08. The number of anilines is 1. The van der Waals surface area contributed by atoms with Crippen LogP contribution in [0, 0.1) is 0 Å². The van der Waals surface area contributed by atoms with Gasteiger partial charge in [-0.25, -0.2) is 0 Å². The second-order valence-electron chi connectivity index (χ2n) is 6.69. The molecular formula is C22H26BrN3O5. The van der Waals surface area contributed by atoms with Crippen molar-refractivity contribution in [3.05, 3.63) is 52.0 Å². The zero-order valence-corrected chi connectivity index (χ0v) is 19.3. The van der Waals surface area contributed by atoms with Crippen LogP contribution in [0.2, 0.25) is 0 Å². The fourth-order valence-electron chi connectivity index (χ4n) is 2.94. The van der Waals surface area contributed by atoms with Crippen LogP contribution in [-0.4, -0.2) is 49.9 Å². The number of benzene rings is 2. The van der Waals surface area contributed by atoms with Crippen LogP contribution in [0.15, 0.2) is 40.9 Å². The first-order valence-corrected chi connectivity index (χ1v) is 10.5. The van der Waals surface area contributed by atoms with Gasteiger partial charge in [0.15, 0.2) is 11.5 Å². The molecule has 0 bridgehead atoms. The number of ether oxygens (including phenoxy) is 2. The maximum Gasteiger partial charge on any atom is 0.248 e. The summed E-state index contributed by atoms with van der Waals surface area (Å²) in [5.41, 5.74) is 6.89. The van der Waals surface area contributed by atoms with Crippen molar-refractivity contribution in [2.24, 2.45) is 5.73 Å². The van der Waals surface area contributed by atoms with Gasteiger partial charge in [0.05, 0.1) is 20.6 Å². The Balaban J connectivity index is 1.95. The first kappa shape index (κ1) is 24.2. The molecule has 2 aromatic rings. The van der Waals surface area contributed by atoms with E-state index in [-0.39, 0.29) is 31.2 Å². The van der Waals surface area contributed by atoms with Gasteiger partial charge in [0.1, 0.15) is 0 Å². The molecule has 31 heavy (non-hydrogen) atoms. The van der Waals surface area contributed by atoms with Crippen LogP contribution in [-0.2, 0) is 16.0 Å². The van der Waals surface area contributed by atoms with Gasteiger partial charge in [-0.3, -0.25) is 14.4 Å². The monoisotopic (exact) mass is 491 g/mol. The number of hydrogen-bond acceptors (Lipinski definition) is 5. The second-order valence-corrected chi connectivity index (χ2v) is 7.54. The molecule has 0 spiro atoms. The van der Waals surface area contributed by atoms with Gasteiger partial charge >= 0.3 is 0 Å². The van der Waals surface area contributed by atoms with E-state index in [1.54, 1.807) is 48.4 Å². The number of nitrogens with one attached hydrogen (secondary N) is 1. The van der Waals surface area contributed by atoms with Gasteiger partial charge in [-0.15, -0.1) is 0 Å². The van der Waals surface area contributed by atoms with E-state index in [0.29, 0.717) is 29.3 Å². The van der Waals surface area contributed by atoms with Crippen molar-refractivity contribution in [1.29, 1.82) is 0 Å². The van der Waals surface area contributed by atoms with Gasteiger partial charge in [-0.2, -0.15) is 0 Å². The fourth-order valence-corrected chi connectivity index (χ4v) is 3.41. The SMILES string of the molecule is CCN(CCC(=O)Nc1ccc(C(N)=O)cc1)C(=O)Cc1cc(OC)c(OC)cc1Br. The summed E-state index contributed by atoms with van der Waals surface area (Å²) in [6.45, 7) is 2.62. The lowest BCUT2D eigenvalue weighted by atomic mass is 10.1. The third kappa shape index (κ3) is 6.71. The van der Waals surface area contributed by atoms with Gasteiger partial charge in [0.25, 0.3) is 0 Å². The molecule has 0 aliphatic heterocycles. The van der Waals surface area contributed by atoms with Crippen molar-refractivity contribution >= 4 is 39.3 Å². The molecule has 2 rings (SSSR count). The van der Waals surface area contributed by atoms with Crippen LogP contribution in [0.5, 0.6) is 11.5 Å². The highest BCUT2D eigenvalue weighted by Gasteiger charge is 2.17. The van der Waals surface area contributed by atoms with E-state index in [2.05, 4.69) is 21.2 Å². The number of amides is 3. The average Bonchev–Trinajstić information content (AvgIpc) is 2.75. The molecule has 0 aliphatic rings. The van der Waals surface area contributed by atoms with E-state index in [0.717, 1.165) is 10.0 Å². The fraction of sp³-hybridized carbons (Fsp3) is 0.318. The minimum Gasteiger partial charge on any atom is -0.493 e. The number of methoxy groups -OCH3 is 2. The molecule has 0 fully saturated rings. The third-order valence-electron chi connectivity index (χ3n) is 4.69. The number of carbonyl (C=O) groups excluding carboxylic acids is 3. The summed E-state index contributed by atoms with van der Waals surface area (Å²) >= 11 is 3.46. The summed E-state index contributed by atoms with van der Waals surface area (Å²) in [5.74, 6) is 0.243. The van der Waals surface area contributed by atoms with E-state index in [4.69, 9.17) is 15.2 Å². The normalized spacial score (nSPS) is 10.3. The number of hydrogen-bond donors (Lipinski definition) is 2. The third-order valence-corrected chi connectivity index (χ3v) is 5.43. The van der Waals surface area contributed by atoms with E-state index in [1.165, 1.54) is 7.11 Å². The van der Waals surface area contributed by atoms with Gasteiger partial charge in [-0.05, 0) is 48.9 Å². The lowest BCUT2D eigenvalue weighted by Gasteiger charge is -2.21. The zero-order valence-electron chi connectivity index (χ0n) is 17.7. The van der Waals surface area contributed by atoms with Crippen molar-refractivity contribution in [1.82, 2.24) is 4.90 Å². The van der Waals surface area contributed by atoms with Crippen LogP contribution in [0.1, 0.15) is 29.3 Å². The number of halogens is 1. The van der Waals surface area contributed by atoms with Gasteiger partial charge in [-0.1, -0.05) is 15.9 Å². The largest absolute Gasteiger partial charge is 0.493 e. The van der Waals surface area contributed by atoms with Crippen molar-refractivity contribution in [2.75, 3.05) is 32.6 Å². The van der Waals surface area contributed by atoms with E-state index in [9.17, 15) is 14.4 Å². The summed E-state index contributed by atoms with van der Waals surface area (Å²) < 4.78 is 11.3. The highest BCUT2D eigenvalue weighted by atomic mass is 79.9. The van der Waals surface area contributed by atoms with E-state index < -0.39 is 5.91 Å². The first-order valence-electron chi connectivity index (χ1n) is 9.66. The highest BCUT2D eigenvalue weighted by Crippen LogP contribution is 2.33. The molecule has 0 aliphatic carbocycles. The molecule has 0 unspecified atom stereocenters. The molecule has 0 saturated carbocycles. The minimum absolute atomic E-state index is 0.103. The Morgan fingerprint density at radius 2 is 1.68 bits per heavy atom. The Bertz CT molecular complexity index is 947. The zero-order chi connectivity index (χ0) is 23.0. The lowest BCUT2D eigenvalue weighted by Crippen LogP contribution is -2.34. The number of nitrogens with zero attached hydrogens (tertiary/aromatic N) is 1. The summed E-state index contributed by atoms with van der Waals surface area (Å²) in [4.78, 5) is 37.8. The topological polar surface area (TPSA) is 111 Å². The van der Waals surface area contributed by atoms with E-state index in [1.807, 2.05) is 6.92 Å². The molecule has 3 amide bonds. The molecule has 3 N–H and O–H groups in total. The molecule has 0 atom stereocenters. The molecule has 8 nitrogen and oxygen atoms in total. The Labute approximate surface area is 189 Å². The molecule has 0 saturated heterocycles. The van der Waals surface area contributed by atoms with Crippen molar-refractivity contribution in [2.45, 2.75) is 19.8 Å². The molecule has 2 aromatic carbocycles. The smallest absolute Gasteiger partial charge is 0.248 e. The number of carbonyl (C=O) groups is 3. The van der Waals surface area contributed by atoms with Crippen LogP contribution in [0.4, 0.5) is 5.69 Å². The average molecular weight is 492 g/mol. The van der Waals surface area contributed by atoms with Crippen molar-refractivity contribution in [3.8, 4) is 11.5 Å². The summed E-state index contributed by atoms with van der Waals surface area (Å²) in [6, 6.07) is 9.82. The van der Waals surface area contributed by atoms with Crippen LogP contribution >= 0.6 is 15.9 Å². The van der Waals surface area contributed by atoms with Crippen molar-refractivity contribution in [3.63, 3.8) is 0 Å². The predicted octanol–water partition coefficient (Wildman–Crippen LogP) is 2.99. The second kappa shape index (κ2) is 11.4. The molecule has 0 radical (unpaired) electrons. The van der Waals surface area contributed by atoms with Crippen molar-refractivity contribution < 1.29 is 23.9 Å². The lowest BCUT2D eigenvalue weighted by molar-refractivity contribution is -0.130. The summed E-state index contributed by atoms with van der Waals surface area (Å²) in [5, 5.41) is 2.75. The van der Waals surface area contributed by atoms with Crippen LogP contribution < -0.4 is 20.5 Å². The van der Waals surface area contributed by atoms with E-state index >= 15 is 0 Å². The summed E-state index contributed by atoms with van der Waals surface area (Å²) in [6.07, 6.45) is 0.301. The first-order chi connectivity index (χ1) is 14.8. The quantitative estimate of drug-likeness (QED) is 0.530. The predicted molar refractivity (Wildman–Crippen MR) is 121 cm³/mol. The molecule has 0 aromatic heterocycles. The molecular weight excluding hydrogens is 466 g/mol. The number of primary amides is 1. The number of nitrogens with two attached hydrogens (primary N) is 1. The van der Waals surface area contributed by atoms with Gasteiger partial charge < -0.3 is 25.4 Å². The Morgan fingerprint density at radius 1 is 1.06 bits per heavy atom. The number of rotatable bonds is 10.